The van der Waals surface area contributed by atoms with Gasteiger partial charge in [0.15, 0.2) is 6.61 Å². The van der Waals surface area contributed by atoms with Crippen molar-refractivity contribution in [1.29, 1.82) is 0 Å². The molecular formula is C21H22N6O2. The van der Waals surface area contributed by atoms with Gasteiger partial charge in [0, 0.05) is 37.6 Å². The molecule has 1 aromatic carbocycles. The van der Waals surface area contributed by atoms with E-state index in [4.69, 9.17) is 4.74 Å². The van der Waals surface area contributed by atoms with E-state index in [-0.39, 0.29) is 18.4 Å². The molecule has 2 aromatic heterocycles. The van der Waals surface area contributed by atoms with Crippen molar-refractivity contribution < 1.29 is 9.53 Å². The number of benzene rings is 1. The third-order valence-electron chi connectivity index (χ3n) is 4.76. The highest BCUT2D eigenvalue weighted by Crippen LogP contribution is 2.26. The molecule has 3 aromatic rings. The molecule has 0 bridgehead atoms. The first-order chi connectivity index (χ1) is 14.3. The van der Waals surface area contributed by atoms with Gasteiger partial charge in [-0.05, 0) is 37.1 Å². The Hall–Kier alpha value is -3.55. The summed E-state index contributed by atoms with van der Waals surface area (Å²) in [5, 5.41) is 3.01. The maximum absolute atomic E-state index is 12.6. The largest absolute Gasteiger partial charge is 0.484 e. The van der Waals surface area contributed by atoms with Crippen LogP contribution in [0.15, 0.2) is 61.1 Å². The van der Waals surface area contributed by atoms with Crippen LogP contribution in [0.25, 0.3) is 0 Å². The average molecular weight is 390 g/mol. The van der Waals surface area contributed by atoms with Crippen molar-refractivity contribution in [2.24, 2.45) is 0 Å². The van der Waals surface area contributed by atoms with Crippen molar-refractivity contribution in [3.63, 3.8) is 0 Å². The van der Waals surface area contributed by atoms with Gasteiger partial charge in [0.25, 0.3) is 5.91 Å². The van der Waals surface area contributed by atoms with Crippen LogP contribution >= 0.6 is 0 Å². The number of carbonyl (C=O) groups is 1. The molecule has 0 radical (unpaired) electrons. The second kappa shape index (κ2) is 9.09. The molecule has 0 spiro atoms. The van der Waals surface area contributed by atoms with Crippen LogP contribution in [0.1, 0.15) is 24.5 Å². The second-order valence-corrected chi connectivity index (χ2v) is 6.78. The van der Waals surface area contributed by atoms with Crippen LogP contribution in [0.2, 0.25) is 0 Å². The third kappa shape index (κ3) is 5.04. The number of amides is 1. The van der Waals surface area contributed by atoms with Crippen molar-refractivity contribution in [3.8, 4) is 5.75 Å². The quantitative estimate of drug-likeness (QED) is 0.692. The van der Waals surface area contributed by atoms with Gasteiger partial charge in [-0.15, -0.1) is 0 Å². The zero-order valence-electron chi connectivity index (χ0n) is 15.9. The van der Waals surface area contributed by atoms with Gasteiger partial charge >= 0.3 is 0 Å². The number of ether oxygens (including phenoxy) is 1. The van der Waals surface area contributed by atoms with Crippen LogP contribution in [-0.4, -0.2) is 50.4 Å². The molecule has 1 saturated heterocycles. The topological polar surface area (TPSA) is 93.1 Å². The maximum atomic E-state index is 12.6. The minimum atomic E-state index is -0.0105. The number of para-hydroxylation sites is 1. The molecule has 0 aliphatic carbocycles. The first-order valence-electron chi connectivity index (χ1n) is 9.60. The Labute approximate surface area is 169 Å². The summed E-state index contributed by atoms with van der Waals surface area (Å²) < 4.78 is 5.61. The molecule has 8 heteroatoms. The van der Waals surface area contributed by atoms with E-state index in [1.165, 1.54) is 0 Å². The second-order valence-electron chi connectivity index (χ2n) is 6.78. The first-order valence-corrected chi connectivity index (χ1v) is 9.60. The minimum absolute atomic E-state index is 0.0105. The molecule has 1 amide bonds. The van der Waals surface area contributed by atoms with E-state index in [1.807, 2.05) is 41.3 Å². The molecule has 1 N–H and O–H groups in total. The molecule has 8 nitrogen and oxygen atoms in total. The van der Waals surface area contributed by atoms with Crippen LogP contribution in [0.5, 0.6) is 5.75 Å². The van der Waals surface area contributed by atoms with Crippen LogP contribution in [-0.2, 0) is 4.79 Å². The van der Waals surface area contributed by atoms with Gasteiger partial charge in [0.1, 0.15) is 5.75 Å². The Balaban J connectivity index is 1.38. The zero-order valence-corrected chi connectivity index (χ0v) is 15.9. The fourth-order valence-corrected chi connectivity index (χ4v) is 3.32. The number of hydrogen-bond donors (Lipinski definition) is 1. The van der Waals surface area contributed by atoms with Gasteiger partial charge in [-0.2, -0.15) is 0 Å². The number of hydrogen-bond acceptors (Lipinski definition) is 7. The van der Waals surface area contributed by atoms with E-state index in [1.54, 1.807) is 24.7 Å². The molecular weight excluding hydrogens is 368 g/mol. The Morgan fingerprint density at radius 3 is 2.66 bits per heavy atom. The number of nitrogens with zero attached hydrogens (tertiary/aromatic N) is 5. The first kappa shape index (κ1) is 18.8. The molecule has 1 aliphatic rings. The molecule has 1 atom stereocenters. The highest BCUT2D eigenvalue weighted by atomic mass is 16.5. The molecule has 0 saturated carbocycles. The molecule has 3 heterocycles. The molecule has 1 fully saturated rings. The van der Waals surface area contributed by atoms with E-state index in [2.05, 4.69) is 25.3 Å². The summed E-state index contributed by atoms with van der Waals surface area (Å²) in [6.07, 6.45) is 6.92. The predicted octanol–water partition coefficient (Wildman–Crippen LogP) is 2.80. The lowest BCUT2D eigenvalue weighted by Gasteiger charge is -2.32. The van der Waals surface area contributed by atoms with Gasteiger partial charge in [0.05, 0.1) is 5.69 Å². The number of anilines is 2. The summed E-state index contributed by atoms with van der Waals surface area (Å²) >= 11 is 0. The van der Waals surface area contributed by atoms with Gasteiger partial charge in [-0.1, -0.05) is 18.2 Å². The summed E-state index contributed by atoms with van der Waals surface area (Å²) in [5.41, 5.74) is 0.903. The SMILES string of the molecule is O=C(COc1ccccc1)N1CCC[C@@H](c2ccnc(Nc3ncccn3)n2)C1. The number of aromatic nitrogens is 4. The van der Waals surface area contributed by atoms with Gasteiger partial charge < -0.3 is 9.64 Å². The van der Waals surface area contributed by atoms with Crippen LogP contribution in [0, 0.1) is 0 Å². The van der Waals surface area contributed by atoms with E-state index in [9.17, 15) is 4.79 Å². The fourth-order valence-electron chi connectivity index (χ4n) is 3.32. The highest BCUT2D eigenvalue weighted by molar-refractivity contribution is 5.78. The summed E-state index contributed by atoms with van der Waals surface area (Å²) in [7, 11) is 0. The lowest BCUT2D eigenvalue weighted by atomic mass is 9.94. The molecule has 29 heavy (non-hydrogen) atoms. The van der Waals surface area contributed by atoms with E-state index in [0.29, 0.717) is 24.2 Å². The Kier molecular flexibility index (Phi) is 5.89. The normalized spacial score (nSPS) is 16.3. The van der Waals surface area contributed by atoms with Crippen molar-refractivity contribution >= 4 is 17.8 Å². The number of likely N-dealkylation sites (tertiary alicyclic amines) is 1. The predicted molar refractivity (Wildman–Crippen MR) is 108 cm³/mol. The van der Waals surface area contributed by atoms with Gasteiger partial charge in [-0.3, -0.25) is 10.1 Å². The average Bonchev–Trinajstić information content (AvgIpc) is 2.79. The molecule has 1 aliphatic heterocycles. The Morgan fingerprint density at radius 1 is 1.03 bits per heavy atom. The monoisotopic (exact) mass is 390 g/mol. The lowest BCUT2D eigenvalue weighted by Crippen LogP contribution is -2.41. The fraction of sp³-hybridized carbons (Fsp3) is 0.286. The number of nitrogens with one attached hydrogen (secondary N) is 1. The number of carbonyl (C=O) groups excluding carboxylic acids is 1. The zero-order chi connectivity index (χ0) is 19.9. The summed E-state index contributed by atoms with van der Waals surface area (Å²) in [4.78, 5) is 31.6. The van der Waals surface area contributed by atoms with Gasteiger partial charge in [-0.25, -0.2) is 19.9 Å². The molecule has 4 rings (SSSR count). The maximum Gasteiger partial charge on any atom is 0.260 e. The third-order valence-corrected chi connectivity index (χ3v) is 4.76. The van der Waals surface area contributed by atoms with E-state index in [0.717, 1.165) is 25.1 Å². The summed E-state index contributed by atoms with van der Waals surface area (Å²) in [5.74, 6) is 1.74. The minimum Gasteiger partial charge on any atom is -0.484 e. The van der Waals surface area contributed by atoms with Crippen molar-refractivity contribution in [2.45, 2.75) is 18.8 Å². The van der Waals surface area contributed by atoms with Crippen LogP contribution in [0.3, 0.4) is 0 Å². The summed E-state index contributed by atoms with van der Waals surface area (Å²) in [6, 6.07) is 13.0. The molecule has 0 unspecified atom stereocenters. The van der Waals surface area contributed by atoms with Crippen LogP contribution < -0.4 is 10.1 Å². The van der Waals surface area contributed by atoms with Crippen molar-refractivity contribution in [1.82, 2.24) is 24.8 Å². The lowest BCUT2D eigenvalue weighted by molar-refractivity contribution is -0.134. The van der Waals surface area contributed by atoms with Crippen LogP contribution in [0.4, 0.5) is 11.9 Å². The summed E-state index contributed by atoms with van der Waals surface area (Å²) in [6.45, 7) is 1.40. The smallest absolute Gasteiger partial charge is 0.260 e. The van der Waals surface area contributed by atoms with E-state index >= 15 is 0 Å². The number of rotatable bonds is 6. The van der Waals surface area contributed by atoms with Gasteiger partial charge in [0.2, 0.25) is 11.9 Å². The Bertz CT molecular complexity index is 938. The highest BCUT2D eigenvalue weighted by Gasteiger charge is 2.26. The Morgan fingerprint density at radius 2 is 1.83 bits per heavy atom. The van der Waals surface area contributed by atoms with Crippen molar-refractivity contribution in [3.05, 3.63) is 66.7 Å². The number of piperidine rings is 1. The molecule has 148 valence electrons. The van der Waals surface area contributed by atoms with Crippen molar-refractivity contribution in [2.75, 3.05) is 25.0 Å². The standard InChI is InChI=1S/C21H22N6O2/c28-19(15-29-17-7-2-1-3-8-17)27-13-4-6-16(14-27)18-9-12-24-21(25-18)26-20-22-10-5-11-23-20/h1-3,5,7-12,16H,4,6,13-15H2,(H,22,23,24,25,26)/t16-/m1/s1. The van der Waals surface area contributed by atoms with E-state index < -0.39 is 0 Å².